The molecule has 2 N–H and O–H groups in total. The molecule has 102 valence electrons. The zero-order chi connectivity index (χ0) is 13.1. The maximum absolute atomic E-state index is 11.0. The van der Waals surface area contributed by atoms with Gasteiger partial charge in [-0.2, -0.15) is 0 Å². The zero-order valence-electron chi connectivity index (χ0n) is 11.1. The van der Waals surface area contributed by atoms with Crippen LogP contribution in [0.4, 0.5) is 0 Å². The molecule has 5 heteroatoms. The van der Waals surface area contributed by atoms with Crippen molar-refractivity contribution >= 4 is 5.97 Å². The van der Waals surface area contributed by atoms with Gasteiger partial charge in [0, 0.05) is 13.7 Å². The van der Waals surface area contributed by atoms with Gasteiger partial charge in [-0.3, -0.25) is 4.79 Å². The van der Waals surface area contributed by atoms with Crippen molar-refractivity contribution in [1.29, 1.82) is 0 Å². The van der Waals surface area contributed by atoms with Gasteiger partial charge in [-0.25, -0.2) is 0 Å². The third kappa shape index (κ3) is 10.2. The van der Waals surface area contributed by atoms with Gasteiger partial charge in [-0.05, 0) is 18.8 Å². The molecule has 0 aliphatic heterocycles. The Morgan fingerprint density at radius 3 is 2.47 bits per heavy atom. The predicted octanol–water partition coefficient (Wildman–Crippen LogP) is 1.13. The van der Waals surface area contributed by atoms with Crippen molar-refractivity contribution in [2.24, 2.45) is 5.92 Å². The molecule has 0 aromatic heterocycles. The van der Waals surface area contributed by atoms with Gasteiger partial charge >= 0.3 is 5.97 Å². The number of aliphatic carboxylic acids is 1. The summed E-state index contributed by atoms with van der Waals surface area (Å²) in [6.45, 7) is 6.35. The summed E-state index contributed by atoms with van der Waals surface area (Å²) >= 11 is 0. The number of carboxylic acid groups (broad SMARTS) is 1. The van der Waals surface area contributed by atoms with Gasteiger partial charge in [-0.15, -0.1) is 0 Å². The summed E-state index contributed by atoms with van der Waals surface area (Å²) in [5.41, 5.74) is 0. The topological polar surface area (TPSA) is 67.8 Å². The van der Waals surface area contributed by atoms with Crippen molar-refractivity contribution < 1.29 is 19.4 Å². The molecule has 0 spiro atoms. The number of carboxylic acids is 1. The van der Waals surface area contributed by atoms with E-state index in [2.05, 4.69) is 19.2 Å². The van der Waals surface area contributed by atoms with Crippen LogP contribution < -0.4 is 5.32 Å². The minimum absolute atomic E-state index is 0.469. The summed E-state index contributed by atoms with van der Waals surface area (Å²) in [7, 11) is 1.62. The van der Waals surface area contributed by atoms with E-state index in [1.165, 1.54) is 0 Å². The van der Waals surface area contributed by atoms with Crippen LogP contribution in [0.5, 0.6) is 0 Å². The molecule has 0 aliphatic carbocycles. The van der Waals surface area contributed by atoms with Gasteiger partial charge < -0.3 is 19.9 Å². The minimum Gasteiger partial charge on any atom is -0.480 e. The maximum Gasteiger partial charge on any atom is 0.320 e. The number of carbonyl (C=O) groups is 1. The van der Waals surface area contributed by atoms with Crippen LogP contribution in [-0.2, 0) is 14.3 Å². The summed E-state index contributed by atoms with van der Waals surface area (Å²) in [6, 6.07) is -0.469. The van der Waals surface area contributed by atoms with Crippen LogP contribution in [0.25, 0.3) is 0 Å². The summed E-state index contributed by atoms with van der Waals surface area (Å²) in [5.74, 6) is -0.265. The first-order valence-electron chi connectivity index (χ1n) is 6.10. The Balaban J connectivity index is 3.60. The van der Waals surface area contributed by atoms with E-state index >= 15 is 0 Å². The lowest BCUT2D eigenvalue weighted by Crippen LogP contribution is -2.38. The van der Waals surface area contributed by atoms with Crippen molar-refractivity contribution in [2.45, 2.75) is 32.7 Å². The van der Waals surface area contributed by atoms with E-state index in [-0.39, 0.29) is 0 Å². The largest absolute Gasteiger partial charge is 0.480 e. The number of hydrogen-bond donors (Lipinski definition) is 2. The van der Waals surface area contributed by atoms with Crippen molar-refractivity contribution in [3.8, 4) is 0 Å². The molecule has 0 heterocycles. The molecule has 5 nitrogen and oxygen atoms in total. The van der Waals surface area contributed by atoms with Gasteiger partial charge in [-0.1, -0.05) is 13.8 Å². The smallest absolute Gasteiger partial charge is 0.320 e. The first-order chi connectivity index (χ1) is 8.07. The van der Waals surface area contributed by atoms with E-state index in [1.807, 2.05) is 0 Å². The van der Waals surface area contributed by atoms with E-state index in [1.54, 1.807) is 7.11 Å². The average molecular weight is 247 g/mol. The van der Waals surface area contributed by atoms with Crippen LogP contribution in [0.2, 0.25) is 0 Å². The van der Waals surface area contributed by atoms with Gasteiger partial charge in [0.25, 0.3) is 0 Å². The second kappa shape index (κ2) is 10.5. The highest BCUT2D eigenvalue weighted by Crippen LogP contribution is 2.06. The second-order valence-electron chi connectivity index (χ2n) is 4.42. The van der Waals surface area contributed by atoms with Crippen LogP contribution in [0.15, 0.2) is 0 Å². The van der Waals surface area contributed by atoms with Crippen molar-refractivity contribution in [3.05, 3.63) is 0 Å². The highest BCUT2D eigenvalue weighted by Gasteiger charge is 2.16. The molecule has 0 saturated carbocycles. The SMILES string of the molecule is COCCOCCNC(CCC(C)C)C(=O)O. The Kier molecular flexibility index (Phi) is 10.1. The van der Waals surface area contributed by atoms with Crippen molar-refractivity contribution in [2.75, 3.05) is 33.5 Å². The summed E-state index contributed by atoms with van der Waals surface area (Å²) in [5, 5.41) is 12.0. The minimum atomic E-state index is -0.789. The average Bonchev–Trinajstić information content (AvgIpc) is 2.26. The standard InChI is InChI=1S/C12H25NO4/c1-10(2)4-5-11(12(14)15)13-6-7-17-9-8-16-3/h10-11,13H,4-9H2,1-3H3,(H,14,15). The fourth-order valence-electron chi connectivity index (χ4n) is 1.36. The van der Waals surface area contributed by atoms with Crippen LogP contribution in [-0.4, -0.2) is 50.6 Å². The lowest BCUT2D eigenvalue weighted by Gasteiger charge is -2.15. The number of hydrogen-bond acceptors (Lipinski definition) is 4. The summed E-state index contributed by atoms with van der Waals surface area (Å²) in [6.07, 6.45) is 1.57. The Morgan fingerprint density at radius 2 is 1.94 bits per heavy atom. The highest BCUT2D eigenvalue weighted by atomic mass is 16.5. The Hall–Kier alpha value is -0.650. The predicted molar refractivity (Wildman–Crippen MR) is 66.2 cm³/mol. The number of nitrogens with one attached hydrogen (secondary N) is 1. The molecule has 0 aliphatic rings. The number of methoxy groups -OCH3 is 1. The molecule has 0 radical (unpaired) electrons. The molecule has 0 aromatic carbocycles. The van der Waals surface area contributed by atoms with Gasteiger partial charge in [0.05, 0.1) is 19.8 Å². The fourth-order valence-corrected chi connectivity index (χ4v) is 1.36. The monoisotopic (exact) mass is 247 g/mol. The zero-order valence-corrected chi connectivity index (χ0v) is 11.1. The lowest BCUT2D eigenvalue weighted by atomic mass is 10.0. The van der Waals surface area contributed by atoms with Crippen LogP contribution in [0, 0.1) is 5.92 Å². The van der Waals surface area contributed by atoms with E-state index < -0.39 is 12.0 Å². The third-order valence-electron chi connectivity index (χ3n) is 2.40. The van der Waals surface area contributed by atoms with Gasteiger partial charge in [0.15, 0.2) is 0 Å². The van der Waals surface area contributed by atoms with Crippen molar-refractivity contribution in [3.63, 3.8) is 0 Å². The quantitative estimate of drug-likeness (QED) is 0.536. The molecule has 0 amide bonds. The third-order valence-corrected chi connectivity index (χ3v) is 2.40. The molecule has 0 aromatic rings. The Labute approximate surface area is 103 Å². The lowest BCUT2D eigenvalue weighted by molar-refractivity contribution is -0.139. The summed E-state index contributed by atoms with van der Waals surface area (Å²) in [4.78, 5) is 11.0. The molecule has 0 bridgehead atoms. The second-order valence-corrected chi connectivity index (χ2v) is 4.42. The van der Waals surface area contributed by atoms with Crippen LogP contribution in [0.1, 0.15) is 26.7 Å². The summed E-state index contributed by atoms with van der Waals surface area (Å²) < 4.78 is 10.1. The maximum atomic E-state index is 11.0. The van der Waals surface area contributed by atoms with Crippen molar-refractivity contribution in [1.82, 2.24) is 5.32 Å². The van der Waals surface area contributed by atoms with Gasteiger partial charge in [0.2, 0.25) is 0 Å². The van der Waals surface area contributed by atoms with E-state index in [9.17, 15) is 4.79 Å². The Morgan fingerprint density at radius 1 is 1.24 bits per heavy atom. The van der Waals surface area contributed by atoms with E-state index in [4.69, 9.17) is 14.6 Å². The Bertz CT molecular complexity index is 197. The fraction of sp³-hybridized carbons (Fsp3) is 0.917. The van der Waals surface area contributed by atoms with E-state index in [0.717, 1.165) is 6.42 Å². The number of ether oxygens (including phenoxy) is 2. The molecule has 17 heavy (non-hydrogen) atoms. The van der Waals surface area contributed by atoms with Gasteiger partial charge in [0.1, 0.15) is 6.04 Å². The van der Waals surface area contributed by atoms with Crippen LogP contribution >= 0.6 is 0 Å². The normalized spacial score (nSPS) is 12.9. The first kappa shape index (κ1) is 16.4. The molecular weight excluding hydrogens is 222 g/mol. The van der Waals surface area contributed by atoms with E-state index in [0.29, 0.717) is 38.7 Å². The molecular formula is C12H25NO4. The first-order valence-corrected chi connectivity index (χ1v) is 6.10. The molecule has 0 saturated heterocycles. The number of rotatable bonds is 11. The molecule has 1 atom stereocenters. The molecule has 1 unspecified atom stereocenters. The van der Waals surface area contributed by atoms with Crippen LogP contribution in [0.3, 0.4) is 0 Å². The molecule has 0 fully saturated rings. The molecule has 0 rings (SSSR count). The highest BCUT2D eigenvalue weighted by molar-refractivity contribution is 5.73.